The zero-order valence-electron chi connectivity index (χ0n) is 16.3. The lowest BCUT2D eigenvalue weighted by molar-refractivity contribution is -0.137. The summed E-state index contributed by atoms with van der Waals surface area (Å²) in [5, 5.41) is 3.12. The van der Waals surface area contributed by atoms with E-state index in [1.807, 2.05) is 4.90 Å². The lowest BCUT2D eigenvalue weighted by Gasteiger charge is -2.29. The molecule has 2 N–H and O–H groups in total. The van der Waals surface area contributed by atoms with Gasteiger partial charge < -0.3 is 15.2 Å². The standard InChI is InChI=1S/C22H29N3O3/c26-20-16(10-15-4-1-2-7-18(15)23-20)21(27)24-19-12-25(11-17(19)13-8-9-13)22(28)14-5-3-6-14/h10,13-14,17,19H,1-9,11-12H2,(H,23,26)(H,24,27). The summed E-state index contributed by atoms with van der Waals surface area (Å²) in [6, 6.07) is 1.75. The van der Waals surface area contributed by atoms with E-state index in [0.717, 1.165) is 62.7 Å². The van der Waals surface area contributed by atoms with Gasteiger partial charge in [-0.15, -0.1) is 0 Å². The lowest BCUT2D eigenvalue weighted by Crippen LogP contribution is -2.44. The molecule has 1 aromatic rings. The lowest BCUT2D eigenvalue weighted by atomic mass is 9.84. The Morgan fingerprint density at radius 1 is 1.04 bits per heavy atom. The Hall–Kier alpha value is -2.11. The van der Waals surface area contributed by atoms with Gasteiger partial charge in [0.25, 0.3) is 11.5 Å². The first-order valence-electron chi connectivity index (χ1n) is 10.9. The highest BCUT2D eigenvalue weighted by Crippen LogP contribution is 2.42. The number of aromatic nitrogens is 1. The minimum absolute atomic E-state index is 0.0422. The van der Waals surface area contributed by atoms with Crippen LogP contribution in [0.15, 0.2) is 10.9 Å². The number of nitrogens with zero attached hydrogens (tertiary/aromatic N) is 1. The summed E-state index contributed by atoms with van der Waals surface area (Å²) in [5.74, 6) is 1.09. The molecule has 2 atom stereocenters. The second kappa shape index (κ2) is 7.05. The maximum atomic E-state index is 12.9. The number of rotatable bonds is 4. The summed E-state index contributed by atoms with van der Waals surface area (Å²) < 4.78 is 0. The smallest absolute Gasteiger partial charge is 0.261 e. The molecular formula is C22H29N3O3. The van der Waals surface area contributed by atoms with Crippen molar-refractivity contribution < 1.29 is 9.59 Å². The van der Waals surface area contributed by atoms with E-state index in [4.69, 9.17) is 0 Å². The second-order valence-corrected chi connectivity index (χ2v) is 9.18. The SMILES string of the molecule is O=C(NC1CN(C(=O)C2CCC2)CC1C1CC1)c1cc2c([nH]c1=O)CCCC2. The third-order valence-electron chi connectivity index (χ3n) is 7.26. The molecule has 3 aliphatic carbocycles. The van der Waals surface area contributed by atoms with Gasteiger partial charge in [-0.05, 0) is 68.9 Å². The van der Waals surface area contributed by atoms with Crippen molar-refractivity contribution in [2.75, 3.05) is 13.1 Å². The molecule has 1 aliphatic heterocycles. The van der Waals surface area contributed by atoms with E-state index in [0.29, 0.717) is 18.4 Å². The average Bonchev–Trinajstić information content (AvgIpc) is 3.40. The monoisotopic (exact) mass is 383 g/mol. The molecule has 1 saturated heterocycles. The number of aromatic amines is 1. The number of aryl methyl sites for hydroxylation is 2. The van der Waals surface area contributed by atoms with E-state index in [1.54, 1.807) is 6.07 Å². The van der Waals surface area contributed by atoms with Crippen LogP contribution in [-0.2, 0) is 17.6 Å². The van der Waals surface area contributed by atoms with E-state index in [9.17, 15) is 14.4 Å². The maximum absolute atomic E-state index is 12.9. The van der Waals surface area contributed by atoms with Crippen molar-refractivity contribution in [2.45, 2.75) is 63.8 Å². The molecule has 6 nitrogen and oxygen atoms in total. The first-order chi connectivity index (χ1) is 13.6. The summed E-state index contributed by atoms with van der Waals surface area (Å²) in [4.78, 5) is 43.0. The van der Waals surface area contributed by atoms with Crippen LogP contribution in [0.2, 0.25) is 0 Å². The second-order valence-electron chi connectivity index (χ2n) is 9.18. The highest BCUT2D eigenvalue weighted by Gasteiger charge is 2.45. The van der Waals surface area contributed by atoms with Gasteiger partial charge in [-0.25, -0.2) is 0 Å². The molecule has 2 amide bonds. The number of H-pyrrole nitrogens is 1. The van der Waals surface area contributed by atoms with Crippen molar-refractivity contribution in [3.63, 3.8) is 0 Å². The maximum Gasteiger partial charge on any atom is 0.261 e. The molecule has 28 heavy (non-hydrogen) atoms. The average molecular weight is 383 g/mol. The zero-order valence-corrected chi connectivity index (χ0v) is 16.3. The molecule has 3 fully saturated rings. The predicted molar refractivity (Wildman–Crippen MR) is 105 cm³/mol. The Labute approximate surface area is 165 Å². The molecule has 0 radical (unpaired) electrons. The van der Waals surface area contributed by atoms with Gasteiger partial charge in [-0.2, -0.15) is 0 Å². The summed E-state index contributed by atoms with van der Waals surface area (Å²) >= 11 is 0. The van der Waals surface area contributed by atoms with Gasteiger partial charge >= 0.3 is 0 Å². The summed E-state index contributed by atoms with van der Waals surface area (Å²) in [7, 11) is 0. The highest BCUT2D eigenvalue weighted by atomic mass is 16.2. The van der Waals surface area contributed by atoms with Crippen LogP contribution in [0.25, 0.3) is 0 Å². The first kappa shape index (κ1) is 18.0. The fourth-order valence-corrected chi connectivity index (χ4v) is 5.17. The van der Waals surface area contributed by atoms with Crippen LogP contribution in [0.1, 0.15) is 66.6 Å². The van der Waals surface area contributed by atoms with Gasteiger partial charge in [0, 0.05) is 30.6 Å². The van der Waals surface area contributed by atoms with Crippen molar-refractivity contribution >= 4 is 11.8 Å². The van der Waals surface area contributed by atoms with Gasteiger partial charge in [0.05, 0.1) is 6.04 Å². The molecule has 6 heteroatoms. The summed E-state index contributed by atoms with van der Waals surface area (Å²) in [5.41, 5.74) is 2.02. The van der Waals surface area contributed by atoms with Crippen molar-refractivity contribution in [3.05, 3.63) is 33.2 Å². The third kappa shape index (κ3) is 3.27. The minimum atomic E-state index is -0.290. The van der Waals surface area contributed by atoms with E-state index in [1.165, 1.54) is 12.8 Å². The number of hydrogen-bond acceptors (Lipinski definition) is 3. The van der Waals surface area contributed by atoms with E-state index < -0.39 is 0 Å². The quantitative estimate of drug-likeness (QED) is 0.835. The topological polar surface area (TPSA) is 82.3 Å². The predicted octanol–water partition coefficient (Wildman–Crippen LogP) is 2.02. The third-order valence-corrected chi connectivity index (χ3v) is 7.26. The number of nitrogens with one attached hydrogen (secondary N) is 2. The van der Waals surface area contributed by atoms with E-state index >= 15 is 0 Å². The molecule has 150 valence electrons. The number of fused-ring (bicyclic) bond motifs is 1. The fraction of sp³-hybridized carbons (Fsp3) is 0.682. The van der Waals surface area contributed by atoms with Crippen LogP contribution < -0.4 is 10.9 Å². The number of hydrogen-bond donors (Lipinski definition) is 2. The number of likely N-dealkylation sites (tertiary alicyclic amines) is 1. The molecule has 2 heterocycles. The molecule has 1 aromatic heterocycles. The van der Waals surface area contributed by atoms with Crippen LogP contribution in [0.5, 0.6) is 0 Å². The first-order valence-corrected chi connectivity index (χ1v) is 10.9. The molecule has 0 aromatic carbocycles. The molecule has 2 unspecified atom stereocenters. The van der Waals surface area contributed by atoms with Crippen LogP contribution in [-0.4, -0.2) is 40.8 Å². The van der Waals surface area contributed by atoms with Crippen LogP contribution in [0, 0.1) is 17.8 Å². The van der Waals surface area contributed by atoms with E-state index in [2.05, 4.69) is 10.3 Å². The Morgan fingerprint density at radius 2 is 1.82 bits per heavy atom. The van der Waals surface area contributed by atoms with Crippen molar-refractivity contribution in [1.29, 1.82) is 0 Å². The molecule has 2 saturated carbocycles. The minimum Gasteiger partial charge on any atom is -0.347 e. The van der Waals surface area contributed by atoms with Gasteiger partial charge in [0.15, 0.2) is 0 Å². The normalized spacial score (nSPS) is 27.2. The number of pyridine rings is 1. The zero-order chi connectivity index (χ0) is 19.3. The summed E-state index contributed by atoms with van der Waals surface area (Å²) in [6.07, 6.45) is 9.52. The van der Waals surface area contributed by atoms with Gasteiger partial charge in [0.1, 0.15) is 5.56 Å². The van der Waals surface area contributed by atoms with Gasteiger partial charge in [0.2, 0.25) is 5.91 Å². The number of carbonyl (C=O) groups is 2. The fourth-order valence-electron chi connectivity index (χ4n) is 5.17. The van der Waals surface area contributed by atoms with Crippen LogP contribution in [0.3, 0.4) is 0 Å². The Balaban J connectivity index is 1.32. The van der Waals surface area contributed by atoms with Gasteiger partial charge in [-0.3, -0.25) is 14.4 Å². The molecule has 0 spiro atoms. The Morgan fingerprint density at radius 3 is 2.54 bits per heavy atom. The highest BCUT2D eigenvalue weighted by molar-refractivity contribution is 5.94. The Bertz CT molecular complexity index is 853. The largest absolute Gasteiger partial charge is 0.347 e. The molecule has 4 aliphatic rings. The van der Waals surface area contributed by atoms with Crippen LogP contribution >= 0.6 is 0 Å². The number of carbonyl (C=O) groups excluding carboxylic acids is 2. The number of amides is 2. The molecule has 0 bridgehead atoms. The van der Waals surface area contributed by atoms with Gasteiger partial charge in [-0.1, -0.05) is 6.42 Å². The Kier molecular flexibility index (Phi) is 4.52. The van der Waals surface area contributed by atoms with Crippen molar-refractivity contribution in [3.8, 4) is 0 Å². The van der Waals surface area contributed by atoms with Crippen molar-refractivity contribution in [2.24, 2.45) is 17.8 Å². The van der Waals surface area contributed by atoms with E-state index in [-0.39, 0.29) is 34.9 Å². The van der Waals surface area contributed by atoms with Crippen LogP contribution in [0.4, 0.5) is 0 Å². The van der Waals surface area contributed by atoms with Crippen molar-refractivity contribution in [1.82, 2.24) is 15.2 Å². The molecular weight excluding hydrogens is 354 g/mol. The summed E-state index contributed by atoms with van der Waals surface area (Å²) in [6.45, 7) is 1.34. The molecule has 5 rings (SSSR count).